The van der Waals surface area contributed by atoms with Crippen molar-refractivity contribution >= 4 is 56.8 Å². The summed E-state index contributed by atoms with van der Waals surface area (Å²) in [5.74, 6) is -2.63. The number of alkyl carbamates (subject to hydrolysis) is 1. The maximum absolute atomic E-state index is 14.9. The number of allylic oxidation sites excluding steroid dienone is 1. The van der Waals surface area contributed by atoms with Gasteiger partial charge in [-0.2, -0.15) is 0 Å². The van der Waals surface area contributed by atoms with Crippen LogP contribution in [0.4, 0.5) is 25.0 Å². The molecule has 2 bridgehead atoms. The number of carbonyl (C=O) groups excluding carboxylic acids is 3. The Morgan fingerprint density at radius 3 is 2.53 bits per heavy atom. The molecule has 1 saturated heterocycles. The number of aliphatic imine (C=N–C) groups is 1. The summed E-state index contributed by atoms with van der Waals surface area (Å²) < 4.78 is 68.5. The zero-order valence-corrected chi connectivity index (χ0v) is 35.5. The van der Waals surface area contributed by atoms with Crippen molar-refractivity contribution in [1.82, 2.24) is 20.3 Å². The predicted molar refractivity (Wildman–Crippen MR) is 216 cm³/mol. The van der Waals surface area contributed by atoms with Gasteiger partial charge in [-0.3, -0.25) is 19.6 Å². The summed E-state index contributed by atoms with van der Waals surface area (Å²) in [5, 5.41) is 21.6. The van der Waals surface area contributed by atoms with E-state index in [1.807, 2.05) is 10.8 Å². The van der Waals surface area contributed by atoms with E-state index in [1.165, 1.54) is 11.8 Å². The number of aliphatic hydroxyl groups excluding tert-OH is 1. The van der Waals surface area contributed by atoms with Crippen LogP contribution in [0.2, 0.25) is 5.02 Å². The van der Waals surface area contributed by atoms with Crippen molar-refractivity contribution in [3.05, 3.63) is 35.4 Å². The Labute approximate surface area is 348 Å². The zero-order chi connectivity index (χ0) is 42.4. The zero-order valence-electron chi connectivity index (χ0n) is 33.9. The molecule has 1 aromatic rings. The van der Waals surface area contributed by atoms with Crippen LogP contribution in [0, 0.1) is 35.0 Å². The lowest BCUT2D eigenvalue weighted by atomic mass is 9.85. The highest BCUT2D eigenvalue weighted by Crippen LogP contribution is 2.58. The first-order valence-electron chi connectivity index (χ1n) is 20.8. The maximum Gasteiger partial charge on any atom is 0.408 e. The van der Waals surface area contributed by atoms with Gasteiger partial charge in [-0.1, -0.05) is 51.4 Å². The molecule has 5 N–H and O–H groups in total. The molecule has 2 unspecified atom stereocenters. The summed E-state index contributed by atoms with van der Waals surface area (Å²) >= 11 is 6.35. The summed E-state index contributed by atoms with van der Waals surface area (Å²) in [4.78, 5) is 48.5. The van der Waals surface area contributed by atoms with Gasteiger partial charge >= 0.3 is 6.09 Å². The summed E-state index contributed by atoms with van der Waals surface area (Å²) in [6.45, 7) is 8.43. The van der Waals surface area contributed by atoms with Gasteiger partial charge in [0.25, 0.3) is 5.91 Å². The molecule has 59 heavy (non-hydrogen) atoms. The number of amides is 3. The number of aliphatic hydroxyl groups is 1. The van der Waals surface area contributed by atoms with E-state index in [4.69, 9.17) is 26.1 Å². The van der Waals surface area contributed by atoms with E-state index in [0.717, 1.165) is 31.4 Å². The Hall–Kier alpha value is -3.54. The van der Waals surface area contributed by atoms with Crippen LogP contribution in [0.3, 0.4) is 0 Å². The van der Waals surface area contributed by atoms with Gasteiger partial charge < -0.3 is 30.1 Å². The summed E-state index contributed by atoms with van der Waals surface area (Å²) in [7, 11) is -4.21. The molecule has 0 radical (unpaired) electrons. The molecule has 3 aliphatic heterocycles. The molecule has 18 heteroatoms. The third-order valence-electron chi connectivity index (χ3n) is 13.9. The number of rotatable bonds is 7. The number of benzene rings is 1. The monoisotopic (exact) mass is 864 g/mol. The summed E-state index contributed by atoms with van der Waals surface area (Å²) in [6.07, 6.45) is 1.62. The minimum atomic E-state index is -4.21. The molecule has 0 spiro atoms. The van der Waals surface area contributed by atoms with Crippen LogP contribution in [0.5, 0.6) is 0 Å². The normalized spacial score (nSPS) is 37.3. The number of ether oxygens (including phenoxy) is 2. The second-order valence-corrected chi connectivity index (χ2v) is 21.8. The number of hydrogen-bond donors (Lipinski definition) is 5. The SMILES string of the molecule is C[C@@H]1[C@@H]2CN(C(=O)[C@H](C(C)(C)C)NC(=O)O[C@@H]3C[C@@H]4C[C@@H]4[C@H]3CC/C=C/CC3Nc4ccc(Cl)cc4N=C3O2)[C@@H]1C(O)N[C@]1(C(=O)NS(=O)(=O)C2(C)CC2)C[C@H]1C(F)F. The Bertz CT molecular complexity index is 2050. The molecule has 5 fully saturated rings. The number of nitrogens with one attached hydrogen (secondary N) is 4. The van der Waals surface area contributed by atoms with Gasteiger partial charge in [-0.05, 0) is 99.7 Å². The van der Waals surface area contributed by atoms with Gasteiger partial charge in [0, 0.05) is 16.9 Å². The fourth-order valence-electron chi connectivity index (χ4n) is 9.72. The van der Waals surface area contributed by atoms with Crippen LogP contribution in [-0.2, 0) is 29.1 Å². The number of anilines is 1. The fraction of sp³-hybridized carbons (Fsp3) is 0.707. The first-order valence-corrected chi connectivity index (χ1v) is 22.6. The third-order valence-corrected chi connectivity index (χ3v) is 16.3. The van der Waals surface area contributed by atoms with E-state index in [2.05, 4.69) is 28.1 Å². The van der Waals surface area contributed by atoms with Gasteiger partial charge in [0.05, 0.1) is 28.7 Å². The molecule has 1 aromatic carbocycles. The predicted octanol–water partition coefficient (Wildman–Crippen LogP) is 5.23. The Balaban J connectivity index is 1.14. The van der Waals surface area contributed by atoms with Crippen LogP contribution >= 0.6 is 11.6 Å². The van der Waals surface area contributed by atoms with E-state index < -0.39 is 98.8 Å². The van der Waals surface area contributed by atoms with Crippen LogP contribution in [-0.4, -0.2) is 102 Å². The summed E-state index contributed by atoms with van der Waals surface area (Å²) in [5.41, 5.74) is -1.72. The molecule has 12 atom stereocenters. The lowest BCUT2D eigenvalue weighted by molar-refractivity contribution is -0.141. The largest absolute Gasteiger partial charge is 0.474 e. The molecule has 3 heterocycles. The molecule has 0 aromatic heterocycles. The second kappa shape index (κ2) is 15.1. The standard InChI is InChI=1S/C41H55ClF2N6O8S/c1-20-30-19-50(31(20)34(51)48-41(18-25(41)33(43)44)37(53)49-59(55,56)40(5)13-14-40)36(52)32(39(2,3)4)47-38(54)58-29-16-21-15-24(21)23(29)9-7-6-8-10-27-35(57-30)46-28-17-22(42)11-12-26(28)45-27/h6,8,11-12,17,20-21,23-25,27,29-34,45,48,51H,7,9-10,13-16,18-19H2,1-5H3,(H,47,54)(H,49,53)/b8-6+/t20-,21+,23-,24+,25+,27?,29-,30+,31+,32-,34?,41-/m1/s1. The van der Waals surface area contributed by atoms with Crippen LogP contribution < -0.4 is 20.7 Å². The number of alkyl halides is 2. The first-order chi connectivity index (χ1) is 27.7. The van der Waals surface area contributed by atoms with Gasteiger partial charge in [0.1, 0.15) is 36.1 Å². The number of fused-ring (bicyclic) bond motifs is 7. The quantitative estimate of drug-likeness (QED) is 0.180. The number of halogens is 3. The van der Waals surface area contributed by atoms with E-state index in [0.29, 0.717) is 47.7 Å². The third kappa shape index (κ3) is 8.05. The Kier molecular flexibility index (Phi) is 10.8. The highest BCUT2D eigenvalue weighted by Gasteiger charge is 2.67. The van der Waals surface area contributed by atoms with Crippen LogP contribution in [0.25, 0.3) is 0 Å². The smallest absolute Gasteiger partial charge is 0.408 e. The van der Waals surface area contributed by atoms with Crippen molar-refractivity contribution in [1.29, 1.82) is 0 Å². The van der Waals surface area contributed by atoms with Crippen molar-refractivity contribution < 1.29 is 46.2 Å². The highest BCUT2D eigenvalue weighted by atomic mass is 35.5. The molecule has 8 rings (SSSR count). The molecule has 4 saturated carbocycles. The number of sulfonamides is 1. The minimum absolute atomic E-state index is 0.116. The topological polar surface area (TPSA) is 188 Å². The Morgan fingerprint density at radius 2 is 1.85 bits per heavy atom. The highest BCUT2D eigenvalue weighted by molar-refractivity contribution is 7.91. The van der Waals surface area contributed by atoms with Crippen molar-refractivity contribution in [3.63, 3.8) is 0 Å². The van der Waals surface area contributed by atoms with E-state index >= 15 is 0 Å². The van der Waals surface area contributed by atoms with Crippen molar-refractivity contribution in [2.45, 2.75) is 139 Å². The van der Waals surface area contributed by atoms with Gasteiger partial charge in [0.2, 0.25) is 28.3 Å². The van der Waals surface area contributed by atoms with Gasteiger partial charge in [-0.25, -0.2) is 27.0 Å². The van der Waals surface area contributed by atoms with Crippen molar-refractivity contribution in [2.75, 3.05) is 11.9 Å². The molecule has 14 nitrogen and oxygen atoms in total. The molecule has 7 aliphatic rings. The summed E-state index contributed by atoms with van der Waals surface area (Å²) in [6, 6.07) is 2.50. The molecule has 3 amide bonds. The van der Waals surface area contributed by atoms with Crippen molar-refractivity contribution in [3.8, 4) is 0 Å². The van der Waals surface area contributed by atoms with Crippen LogP contribution in [0.1, 0.15) is 86.0 Å². The van der Waals surface area contributed by atoms with E-state index in [9.17, 15) is 36.7 Å². The molecular weight excluding hydrogens is 810 g/mol. The number of hydrogen-bond acceptors (Lipinski definition) is 11. The van der Waals surface area contributed by atoms with Crippen molar-refractivity contribution in [2.24, 2.45) is 40.0 Å². The van der Waals surface area contributed by atoms with E-state index in [1.54, 1.807) is 39.8 Å². The lowest BCUT2D eigenvalue weighted by Gasteiger charge is -2.38. The average molecular weight is 865 g/mol. The molecular formula is C41H55ClF2N6O8S. The van der Waals surface area contributed by atoms with Gasteiger partial charge in [-0.15, -0.1) is 0 Å². The molecule has 4 aliphatic carbocycles. The van der Waals surface area contributed by atoms with E-state index in [-0.39, 0.29) is 18.6 Å². The number of carbonyl (C=O) groups is 3. The van der Waals surface area contributed by atoms with Crippen LogP contribution in [0.15, 0.2) is 35.3 Å². The second-order valence-electron chi connectivity index (χ2n) is 19.1. The molecule has 324 valence electrons. The Morgan fingerprint density at radius 1 is 1.10 bits per heavy atom. The first kappa shape index (κ1) is 42.2. The minimum Gasteiger partial charge on any atom is -0.474 e. The number of nitrogens with zero attached hydrogens (tertiary/aromatic N) is 2. The lowest BCUT2D eigenvalue weighted by Crippen LogP contribution is -2.63. The maximum atomic E-state index is 14.9. The fourth-order valence-corrected chi connectivity index (χ4v) is 11.2. The van der Waals surface area contributed by atoms with Gasteiger partial charge in [0.15, 0.2) is 0 Å². The average Bonchev–Trinajstić information content (AvgIpc) is 4.10.